The Morgan fingerprint density at radius 1 is 1.06 bits per heavy atom. The molecule has 0 fully saturated rings. The number of hydrogen-bond acceptors (Lipinski definition) is 5. The van der Waals surface area contributed by atoms with Crippen LogP contribution in [0.15, 0.2) is 59.8 Å². The minimum Gasteiger partial charge on any atom is -0.338 e. The third-order valence-electron chi connectivity index (χ3n) is 4.60. The predicted molar refractivity (Wildman–Crippen MR) is 123 cm³/mol. The van der Waals surface area contributed by atoms with Crippen LogP contribution in [0.5, 0.6) is 0 Å². The number of benzene rings is 2. The SMILES string of the molecule is CC(C)CCNC(=O)NC(=O)CSc1nnc(-c2ccc(F)cc2)n1Cc1ccccc1. The van der Waals surface area contributed by atoms with E-state index in [-0.39, 0.29) is 11.6 Å². The third-order valence-corrected chi connectivity index (χ3v) is 5.56. The maximum Gasteiger partial charge on any atom is 0.321 e. The molecule has 3 amide bonds. The number of nitrogens with zero attached hydrogens (tertiary/aromatic N) is 3. The van der Waals surface area contributed by atoms with Crippen LogP contribution >= 0.6 is 11.8 Å². The van der Waals surface area contributed by atoms with E-state index < -0.39 is 11.9 Å². The summed E-state index contributed by atoms with van der Waals surface area (Å²) < 4.78 is 15.2. The first kappa shape index (κ1) is 23.5. The first-order valence-electron chi connectivity index (χ1n) is 10.4. The zero-order chi connectivity index (χ0) is 22.9. The highest BCUT2D eigenvalue weighted by atomic mass is 32.2. The van der Waals surface area contributed by atoms with E-state index in [0.29, 0.717) is 30.0 Å². The van der Waals surface area contributed by atoms with Gasteiger partial charge in [-0.3, -0.25) is 14.7 Å². The second-order valence-electron chi connectivity index (χ2n) is 7.66. The number of carbonyl (C=O) groups is 2. The van der Waals surface area contributed by atoms with Gasteiger partial charge >= 0.3 is 6.03 Å². The molecule has 0 aliphatic heterocycles. The van der Waals surface area contributed by atoms with Crippen LogP contribution in [0, 0.1) is 11.7 Å². The van der Waals surface area contributed by atoms with Crippen molar-refractivity contribution in [3.63, 3.8) is 0 Å². The maximum atomic E-state index is 13.4. The Bertz CT molecular complexity index is 1040. The molecule has 168 valence electrons. The summed E-state index contributed by atoms with van der Waals surface area (Å²) in [5.74, 6) is 0.292. The standard InChI is InChI=1S/C23H26FN5O2S/c1-16(2)12-13-25-22(31)26-20(30)15-32-23-28-27-21(18-8-10-19(24)11-9-18)29(23)14-17-6-4-3-5-7-17/h3-11,16H,12-15H2,1-2H3,(H2,25,26,30,31). The van der Waals surface area contributed by atoms with Gasteiger partial charge in [-0.05, 0) is 42.2 Å². The average molecular weight is 456 g/mol. The van der Waals surface area contributed by atoms with E-state index in [0.717, 1.165) is 17.5 Å². The average Bonchev–Trinajstić information content (AvgIpc) is 3.15. The zero-order valence-corrected chi connectivity index (χ0v) is 18.9. The Balaban J connectivity index is 1.69. The van der Waals surface area contributed by atoms with Crippen LogP contribution < -0.4 is 10.6 Å². The summed E-state index contributed by atoms with van der Waals surface area (Å²) in [6.45, 7) is 5.12. The van der Waals surface area contributed by atoms with Crippen molar-refractivity contribution in [3.8, 4) is 11.4 Å². The maximum absolute atomic E-state index is 13.4. The van der Waals surface area contributed by atoms with Gasteiger partial charge in [-0.15, -0.1) is 10.2 Å². The lowest BCUT2D eigenvalue weighted by molar-refractivity contribution is -0.117. The highest BCUT2D eigenvalue weighted by Gasteiger charge is 2.17. The number of nitrogens with one attached hydrogen (secondary N) is 2. The van der Waals surface area contributed by atoms with Gasteiger partial charge in [-0.2, -0.15) is 0 Å². The quantitative estimate of drug-likeness (QED) is 0.474. The van der Waals surface area contributed by atoms with Crippen molar-refractivity contribution in [2.45, 2.75) is 32.0 Å². The largest absolute Gasteiger partial charge is 0.338 e. The van der Waals surface area contributed by atoms with Crippen molar-refractivity contribution in [1.29, 1.82) is 0 Å². The normalized spacial score (nSPS) is 10.9. The van der Waals surface area contributed by atoms with E-state index in [1.165, 1.54) is 23.9 Å². The van der Waals surface area contributed by atoms with Gasteiger partial charge in [0.1, 0.15) is 5.82 Å². The molecule has 0 atom stereocenters. The Hall–Kier alpha value is -3.20. The highest BCUT2D eigenvalue weighted by Crippen LogP contribution is 2.25. The van der Waals surface area contributed by atoms with Gasteiger partial charge in [-0.1, -0.05) is 55.9 Å². The Morgan fingerprint density at radius 2 is 1.78 bits per heavy atom. The summed E-state index contributed by atoms with van der Waals surface area (Å²) in [6.07, 6.45) is 0.838. The third kappa shape index (κ3) is 6.91. The molecule has 1 heterocycles. The summed E-state index contributed by atoms with van der Waals surface area (Å²) in [5.41, 5.74) is 1.75. The molecular formula is C23H26FN5O2S. The van der Waals surface area contributed by atoms with Gasteiger partial charge in [0.2, 0.25) is 5.91 Å². The van der Waals surface area contributed by atoms with Crippen LogP contribution in [0.2, 0.25) is 0 Å². The van der Waals surface area contributed by atoms with E-state index in [1.54, 1.807) is 12.1 Å². The summed E-state index contributed by atoms with van der Waals surface area (Å²) in [4.78, 5) is 24.1. The van der Waals surface area contributed by atoms with Crippen LogP contribution in [0.3, 0.4) is 0 Å². The molecule has 0 saturated carbocycles. The number of urea groups is 1. The lowest BCUT2D eigenvalue weighted by atomic mass is 10.1. The molecule has 2 N–H and O–H groups in total. The van der Waals surface area contributed by atoms with Gasteiger partial charge < -0.3 is 5.32 Å². The predicted octanol–water partition coefficient (Wildman–Crippen LogP) is 4.10. The number of halogens is 1. The second kappa shape index (κ2) is 11.4. The molecule has 0 bridgehead atoms. The van der Waals surface area contributed by atoms with Gasteiger partial charge in [0.05, 0.1) is 12.3 Å². The van der Waals surface area contributed by atoms with Crippen molar-refractivity contribution in [2.24, 2.45) is 5.92 Å². The van der Waals surface area contributed by atoms with Gasteiger partial charge in [0, 0.05) is 12.1 Å². The van der Waals surface area contributed by atoms with Crippen molar-refractivity contribution in [1.82, 2.24) is 25.4 Å². The fourth-order valence-electron chi connectivity index (χ4n) is 2.93. The molecule has 0 radical (unpaired) electrons. The number of hydrogen-bond donors (Lipinski definition) is 2. The van der Waals surface area contributed by atoms with Crippen molar-refractivity contribution in [3.05, 3.63) is 66.0 Å². The molecule has 3 rings (SSSR count). The number of imide groups is 1. The number of thioether (sulfide) groups is 1. The number of rotatable bonds is 9. The molecule has 7 nitrogen and oxygen atoms in total. The van der Waals surface area contributed by atoms with Crippen LogP contribution in [0.25, 0.3) is 11.4 Å². The molecule has 0 aliphatic carbocycles. The van der Waals surface area contributed by atoms with Gasteiger partial charge in [0.25, 0.3) is 0 Å². The summed E-state index contributed by atoms with van der Waals surface area (Å²) in [7, 11) is 0. The lowest BCUT2D eigenvalue weighted by Crippen LogP contribution is -2.40. The molecule has 0 unspecified atom stereocenters. The highest BCUT2D eigenvalue weighted by molar-refractivity contribution is 7.99. The van der Waals surface area contributed by atoms with Gasteiger partial charge in [0.15, 0.2) is 11.0 Å². The van der Waals surface area contributed by atoms with Crippen LogP contribution in [-0.4, -0.2) is 39.0 Å². The van der Waals surface area contributed by atoms with E-state index in [1.807, 2.05) is 34.9 Å². The minimum absolute atomic E-state index is 0.00788. The fraction of sp³-hybridized carbons (Fsp3) is 0.304. The molecule has 32 heavy (non-hydrogen) atoms. The van der Waals surface area contributed by atoms with Gasteiger partial charge in [-0.25, -0.2) is 9.18 Å². The van der Waals surface area contributed by atoms with Crippen molar-refractivity contribution in [2.75, 3.05) is 12.3 Å². The Labute approximate surface area is 190 Å². The molecular weight excluding hydrogens is 429 g/mol. The zero-order valence-electron chi connectivity index (χ0n) is 18.0. The minimum atomic E-state index is -0.506. The smallest absolute Gasteiger partial charge is 0.321 e. The Kier molecular flexibility index (Phi) is 8.38. The molecule has 1 aromatic heterocycles. The first-order valence-corrected chi connectivity index (χ1v) is 11.3. The van der Waals surface area contributed by atoms with Crippen molar-refractivity contribution < 1.29 is 14.0 Å². The number of carbonyl (C=O) groups excluding carboxylic acids is 2. The molecule has 9 heteroatoms. The molecule has 2 aromatic carbocycles. The van der Waals surface area contributed by atoms with E-state index in [4.69, 9.17) is 0 Å². The summed E-state index contributed by atoms with van der Waals surface area (Å²) in [5, 5.41) is 14.0. The topological polar surface area (TPSA) is 88.9 Å². The monoisotopic (exact) mass is 455 g/mol. The van der Waals surface area contributed by atoms with E-state index in [2.05, 4.69) is 34.7 Å². The summed E-state index contributed by atoms with van der Waals surface area (Å²) >= 11 is 1.19. The van der Waals surface area contributed by atoms with Crippen LogP contribution in [0.4, 0.5) is 9.18 Å². The first-order chi connectivity index (χ1) is 15.4. The fourth-order valence-corrected chi connectivity index (χ4v) is 3.67. The second-order valence-corrected chi connectivity index (χ2v) is 8.60. The van der Waals surface area contributed by atoms with E-state index in [9.17, 15) is 14.0 Å². The molecule has 0 spiro atoms. The number of aromatic nitrogens is 3. The summed E-state index contributed by atoms with van der Waals surface area (Å²) in [6, 6.07) is 15.3. The number of amides is 3. The van der Waals surface area contributed by atoms with Crippen LogP contribution in [0.1, 0.15) is 25.8 Å². The molecule has 0 aliphatic rings. The molecule has 0 saturated heterocycles. The molecule has 3 aromatic rings. The van der Waals surface area contributed by atoms with Crippen molar-refractivity contribution >= 4 is 23.7 Å². The van der Waals surface area contributed by atoms with E-state index >= 15 is 0 Å². The van der Waals surface area contributed by atoms with Crippen LogP contribution in [-0.2, 0) is 11.3 Å². The Morgan fingerprint density at radius 3 is 2.47 bits per heavy atom. The lowest BCUT2D eigenvalue weighted by Gasteiger charge is -2.11.